The zero-order valence-corrected chi connectivity index (χ0v) is 11.2. The Morgan fingerprint density at radius 2 is 2.05 bits per heavy atom. The number of carbonyl (C=O) groups is 1. The standard InChI is InChI=1S/C14H15F4NO2/c15-12-5-4-10(14(16,17)18)6-9(12)7-19-11(8-20)2-1-3-13(19)21/h4-6,11,20H,1-3,7-8H2/t11-/m0/s1. The molecule has 1 fully saturated rings. The Balaban J connectivity index is 2.27. The first-order valence-electron chi connectivity index (χ1n) is 6.59. The molecule has 116 valence electrons. The number of halogens is 4. The number of carbonyl (C=O) groups excluding carboxylic acids is 1. The second kappa shape index (κ2) is 6.01. The minimum absolute atomic E-state index is 0.196. The van der Waals surface area contributed by atoms with Crippen LogP contribution in [-0.2, 0) is 17.5 Å². The average Bonchev–Trinajstić information content (AvgIpc) is 2.41. The lowest BCUT2D eigenvalue weighted by Gasteiger charge is -2.34. The van der Waals surface area contributed by atoms with E-state index in [2.05, 4.69) is 0 Å². The van der Waals surface area contributed by atoms with Gasteiger partial charge in [-0.3, -0.25) is 4.79 Å². The van der Waals surface area contributed by atoms with Crippen LogP contribution in [0.3, 0.4) is 0 Å². The van der Waals surface area contributed by atoms with E-state index in [1.807, 2.05) is 0 Å². The van der Waals surface area contributed by atoms with Crippen LogP contribution in [-0.4, -0.2) is 28.6 Å². The summed E-state index contributed by atoms with van der Waals surface area (Å²) in [7, 11) is 0. The summed E-state index contributed by atoms with van der Waals surface area (Å²) in [5.41, 5.74) is -1.15. The molecule has 1 N–H and O–H groups in total. The number of nitrogens with zero attached hydrogens (tertiary/aromatic N) is 1. The average molecular weight is 305 g/mol. The van der Waals surface area contributed by atoms with Crippen LogP contribution in [0.15, 0.2) is 18.2 Å². The molecule has 1 atom stereocenters. The number of rotatable bonds is 3. The number of amides is 1. The van der Waals surface area contributed by atoms with Crippen molar-refractivity contribution in [1.29, 1.82) is 0 Å². The molecule has 1 heterocycles. The normalized spacial score (nSPS) is 20.0. The molecule has 1 saturated heterocycles. The van der Waals surface area contributed by atoms with Crippen LogP contribution in [0.1, 0.15) is 30.4 Å². The summed E-state index contributed by atoms with van der Waals surface area (Å²) in [5.74, 6) is -1.07. The summed E-state index contributed by atoms with van der Waals surface area (Å²) >= 11 is 0. The van der Waals surface area contributed by atoms with E-state index in [1.165, 1.54) is 4.90 Å². The van der Waals surface area contributed by atoms with Crippen LogP contribution >= 0.6 is 0 Å². The Morgan fingerprint density at radius 3 is 2.67 bits per heavy atom. The molecule has 0 bridgehead atoms. The van der Waals surface area contributed by atoms with Crippen LogP contribution in [0, 0.1) is 5.82 Å². The predicted molar refractivity (Wildman–Crippen MR) is 66.7 cm³/mol. The van der Waals surface area contributed by atoms with E-state index in [4.69, 9.17) is 0 Å². The fourth-order valence-electron chi connectivity index (χ4n) is 2.45. The number of piperidine rings is 1. The van der Waals surface area contributed by atoms with Crippen LogP contribution in [0.2, 0.25) is 0 Å². The van der Waals surface area contributed by atoms with Gasteiger partial charge in [-0.15, -0.1) is 0 Å². The molecule has 0 aromatic heterocycles. The van der Waals surface area contributed by atoms with E-state index in [-0.39, 0.29) is 31.0 Å². The van der Waals surface area contributed by atoms with Gasteiger partial charge < -0.3 is 10.0 Å². The molecule has 1 aromatic carbocycles. The topological polar surface area (TPSA) is 40.5 Å². The van der Waals surface area contributed by atoms with Crippen molar-refractivity contribution in [2.45, 2.75) is 38.0 Å². The molecule has 0 radical (unpaired) electrons. The van der Waals surface area contributed by atoms with Gasteiger partial charge in [0.25, 0.3) is 0 Å². The summed E-state index contributed by atoms with van der Waals surface area (Å²) in [4.78, 5) is 13.1. The SMILES string of the molecule is O=C1CCC[C@@H](CO)N1Cc1cc(C(F)(F)F)ccc1F. The molecule has 1 amide bonds. The van der Waals surface area contributed by atoms with Crippen LogP contribution in [0.25, 0.3) is 0 Å². The quantitative estimate of drug-likeness (QED) is 0.872. The van der Waals surface area contributed by atoms with Crippen molar-refractivity contribution in [2.24, 2.45) is 0 Å². The number of aliphatic hydroxyl groups is 1. The second-order valence-electron chi connectivity index (χ2n) is 5.05. The summed E-state index contributed by atoms with van der Waals surface area (Å²) in [6.45, 7) is -0.549. The number of alkyl halides is 3. The van der Waals surface area contributed by atoms with Crippen molar-refractivity contribution in [3.8, 4) is 0 Å². The molecule has 0 spiro atoms. The van der Waals surface area contributed by atoms with Gasteiger partial charge in [0.05, 0.1) is 18.2 Å². The van der Waals surface area contributed by atoms with Crippen molar-refractivity contribution in [3.63, 3.8) is 0 Å². The van der Waals surface area contributed by atoms with E-state index in [0.717, 1.165) is 6.07 Å². The van der Waals surface area contributed by atoms with E-state index in [0.29, 0.717) is 25.0 Å². The first-order chi connectivity index (χ1) is 9.82. The lowest BCUT2D eigenvalue weighted by Crippen LogP contribution is -2.45. The first-order valence-corrected chi connectivity index (χ1v) is 6.59. The van der Waals surface area contributed by atoms with Gasteiger partial charge in [0.15, 0.2) is 0 Å². The van der Waals surface area contributed by atoms with Crippen LogP contribution < -0.4 is 0 Å². The van der Waals surface area contributed by atoms with E-state index in [1.54, 1.807) is 0 Å². The highest BCUT2D eigenvalue weighted by atomic mass is 19.4. The number of hydrogen-bond donors (Lipinski definition) is 1. The molecule has 2 rings (SSSR count). The molecule has 21 heavy (non-hydrogen) atoms. The van der Waals surface area contributed by atoms with Gasteiger partial charge in [-0.1, -0.05) is 0 Å². The lowest BCUT2D eigenvalue weighted by atomic mass is 10.0. The highest BCUT2D eigenvalue weighted by Gasteiger charge is 2.32. The summed E-state index contributed by atoms with van der Waals surface area (Å²) < 4.78 is 51.7. The number of benzene rings is 1. The van der Waals surface area contributed by atoms with E-state index in [9.17, 15) is 27.5 Å². The Kier molecular flexibility index (Phi) is 4.51. The molecular weight excluding hydrogens is 290 g/mol. The lowest BCUT2D eigenvalue weighted by molar-refractivity contribution is -0.138. The monoisotopic (exact) mass is 305 g/mol. The fourth-order valence-corrected chi connectivity index (χ4v) is 2.45. The molecule has 1 aromatic rings. The number of hydrogen-bond acceptors (Lipinski definition) is 2. The Labute approximate surface area is 119 Å². The molecule has 3 nitrogen and oxygen atoms in total. The summed E-state index contributed by atoms with van der Waals surface area (Å²) in [6, 6.07) is 1.66. The minimum atomic E-state index is -4.56. The molecule has 0 unspecified atom stereocenters. The third-order valence-electron chi connectivity index (χ3n) is 3.61. The minimum Gasteiger partial charge on any atom is -0.394 e. The largest absolute Gasteiger partial charge is 0.416 e. The van der Waals surface area contributed by atoms with Gasteiger partial charge in [-0.2, -0.15) is 13.2 Å². The summed E-state index contributed by atoms with van der Waals surface area (Å²) in [6.07, 6.45) is -3.13. The zero-order valence-electron chi connectivity index (χ0n) is 11.2. The number of likely N-dealkylation sites (tertiary alicyclic amines) is 1. The Morgan fingerprint density at radius 1 is 1.33 bits per heavy atom. The molecule has 0 aliphatic carbocycles. The maximum absolute atomic E-state index is 13.7. The van der Waals surface area contributed by atoms with Crippen molar-refractivity contribution >= 4 is 5.91 Å². The third-order valence-corrected chi connectivity index (χ3v) is 3.61. The van der Waals surface area contributed by atoms with Crippen molar-refractivity contribution < 1.29 is 27.5 Å². The van der Waals surface area contributed by atoms with Gasteiger partial charge in [0.2, 0.25) is 5.91 Å². The van der Waals surface area contributed by atoms with Gasteiger partial charge in [-0.25, -0.2) is 4.39 Å². The van der Waals surface area contributed by atoms with E-state index >= 15 is 0 Å². The smallest absolute Gasteiger partial charge is 0.394 e. The van der Waals surface area contributed by atoms with Crippen molar-refractivity contribution in [1.82, 2.24) is 4.90 Å². The molecule has 1 aliphatic rings. The predicted octanol–water partition coefficient (Wildman–Crippen LogP) is 2.72. The highest BCUT2D eigenvalue weighted by Crippen LogP contribution is 2.31. The van der Waals surface area contributed by atoms with Gasteiger partial charge in [0, 0.05) is 18.5 Å². The zero-order chi connectivity index (χ0) is 15.6. The Hall–Kier alpha value is -1.63. The molecule has 0 saturated carbocycles. The van der Waals surface area contributed by atoms with Crippen LogP contribution in [0.5, 0.6) is 0 Å². The van der Waals surface area contributed by atoms with Gasteiger partial charge in [0.1, 0.15) is 5.82 Å². The molecule has 7 heteroatoms. The Bertz CT molecular complexity index is 530. The summed E-state index contributed by atoms with van der Waals surface area (Å²) in [5, 5.41) is 9.24. The van der Waals surface area contributed by atoms with Gasteiger partial charge in [-0.05, 0) is 31.0 Å². The van der Waals surface area contributed by atoms with Crippen molar-refractivity contribution in [3.05, 3.63) is 35.1 Å². The second-order valence-corrected chi connectivity index (χ2v) is 5.05. The maximum atomic E-state index is 13.7. The maximum Gasteiger partial charge on any atom is 0.416 e. The highest BCUT2D eigenvalue weighted by molar-refractivity contribution is 5.77. The van der Waals surface area contributed by atoms with Gasteiger partial charge >= 0.3 is 6.18 Å². The molecule has 1 aliphatic heterocycles. The van der Waals surface area contributed by atoms with E-state index < -0.39 is 23.6 Å². The first kappa shape index (κ1) is 15.8. The molecular formula is C14H15F4NO2. The number of aliphatic hydroxyl groups excluding tert-OH is 1. The fraction of sp³-hybridized carbons (Fsp3) is 0.500. The third kappa shape index (κ3) is 3.53. The van der Waals surface area contributed by atoms with Crippen LogP contribution in [0.4, 0.5) is 17.6 Å². The van der Waals surface area contributed by atoms with Crippen molar-refractivity contribution in [2.75, 3.05) is 6.61 Å².